The summed E-state index contributed by atoms with van der Waals surface area (Å²) in [6, 6.07) is 24.2. The number of benzene rings is 3. The quantitative estimate of drug-likeness (QED) is 0.0633. The first-order chi connectivity index (χ1) is 20.0. The Balaban J connectivity index is 1.36. The van der Waals surface area contributed by atoms with Crippen molar-refractivity contribution < 1.29 is 13.9 Å². The summed E-state index contributed by atoms with van der Waals surface area (Å²) in [5.41, 5.74) is 3.66. The van der Waals surface area contributed by atoms with Gasteiger partial charge in [0, 0.05) is 11.1 Å². The van der Waals surface area contributed by atoms with E-state index >= 15 is 0 Å². The molecule has 0 saturated carbocycles. The van der Waals surface area contributed by atoms with Crippen LogP contribution in [0.1, 0.15) is 17.3 Å². The van der Waals surface area contributed by atoms with Crippen molar-refractivity contribution >= 4 is 79.1 Å². The molecule has 4 heterocycles. The molecule has 0 N–H and O–H groups in total. The molecule has 0 aliphatic rings. The molecule has 7 rings (SSSR count). The number of imidazole rings is 1. The van der Waals surface area contributed by atoms with Gasteiger partial charge in [0.1, 0.15) is 21.6 Å². The summed E-state index contributed by atoms with van der Waals surface area (Å²) >= 11 is 8.48. The predicted octanol–water partition coefficient (Wildman–Crippen LogP) is 7.10. The first kappa shape index (κ1) is 25.6. The Hall–Kier alpha value is -4.32. The lowest BCUT2D eigenvalue weighted by molar-refractivity contribution is 0.101. The number of fused-ring (bicyclic) bond motifs is 6. The Morgan fingerprint density at radius 2 is 1.80 bits per heavy atom. The molecule has 41 heavy (non-hydrogen) atoms. The molecule has 0 aliphatic heterocycles. The number of ether oxygens (including phenoxy) is 1. The number of carbonyl (C=O) groups is 1. The topological polar surface area (TPSA) is 91.6 Å². The maximum Gasteiger partial charge on any atom is 0.347 e. The van der Waals surface area contributed by atoms with Crippen LogP contribution in [0, 0.1) is 3.95 Å². The average molecular weight is 597 g/mol. The summed E-state index contributed by atoms with van der Waals surface area (Å²) in [5, 5.41) is 1.25. The van der Waals surface area contributed by atoms with Crippen molar-refractivity contribution in [2.75, 3.05) is 12.4 Å². The smallest absolute Gasteiger partial charge is 0.347 e. The summed E-state index contributed by atoms with van der Waals surface area (Å²) in [6.45, 7) is 2.52. The molecule has 0 bridgehead atoms. The third kappa shape index (κ3) is 4.42. The molecule has 3 aromatic carbocycles. The molecule has 0 radical (unpaired) electrons. The van der Waals surface area contributed by atoms with Crippen molar-refractivity contribution in [2.24, 2.45) is 0 Å². The van der Waals surface area contributed by atoms with Gasteiger partial charge in [0.05, 0.1) is 23.4 Å². The monoisotopic (exact) mass is 596 g/mol. The molecule has 8 nitrogen and oxygen atoms in total. The van der Waals surface area contributed by atoms with Gasteiger partial charge >= 0.3 is 5.63 Å². The maximum absolute atomic E-state index is 13.3. The molecular formula is C30H20N4O4S3. The minimum atomic E-state index is -0.655. The maximum atomic E-state index is 13.3. The molecule has 0 saturated heterocycles. The molecule has 202 valence electrons. The second-order valence-electron chi connectivity index (χ2n) is 9.13. The van der Waals surface area contributed by atoms with Crippen LogP contribution < -0.4 is 10.4 Å². The van der Waals surface area contributed by atoms with Gasteiger partial charge in [-0.05, 0) is 67.7 Å². The van der Waals surface area contributed by atoms with Crippen molar-refractivity contribution in [2.45, 2.75) is 12.1 Å². The predicted molar refractivity (Wildman–Crippen MR) is 165 cm³/mol. The Morgan fingerprint density at radius 3 is 2.63 bits per heavy atom. The first-order valence-corrected chi connectivity index (χ1v) is 15.0. The highest BCUT2D eigenvalue weighted by Gasteiger charge is 2.21. The molecule has 0 fully saturated rings. The molecule has 4 aromatic heterocycles. The molecule has 11 heteroatoms. The molecule has 0 amide bonds. The zero-order valence-corrected chi connectivity index (χ0v) is 24.0. The van der Waals surface area contributed by atoms with E-state index in [1.807, 2.05) is 76.6 Å². The zero-order chi connectivity index (χ0) is 28.1. The van der Waals surface area contributed by atoms with Gasteiger partial charge in [-0.2, -0.15) is 0 Å². The fourth-order valence-electron chi connectivity index (χ4n) is 4.77. The highest BCUT2D eigenvalue weighted by Crippen LogP contribution is 2.34. The van der Waals surface area contributed by atoms with Gasteiger partial charge in [-0.25, -0.2) is 14.8 Å². The van der Waals surface area contributed by atoms with Gasteiger partial charge in [0.15, 0.2) is 26.2 Å². The SMILES string of the molecule is CCOc1ccc(-n2c(=S)sc3c2nc(SCC(=O)c2cc4ccccc4oc2=O)n2c4ccccc4nc32)cc1. The van der Waals surface area contributed by atoms with Crippen LogP contribution in [-0.2, 0) is 0 Å². The lowest BCUT2D eigenvalue weighted by atomic mass is 10.1. The summed E-state index contributed by atoms with van der Waals surface area (Å²) in [6.07, 6.45) is 0. The highest BCUT2D eigenvalue weighted by atomic mass is 32.2. The van der Waals surface area contributed by atoms with E-state index < -0.39 is 5.63 Å². The number of aromatic nitrogens is 4. The van der Waals surface area contributed by atoms with Crippen LogP contribution in [-0.4, -0.2) is 37.1 Å². The normalized spacial score (nSPS) is 11.6. The molecule has 7 aromatic rings. The van der Waals surface area contributed by atoms with E-state index in [0.29, 0.717) is 38.0 Å². The lowest BCUT2D eigenvalue weighted by Crippen LogP contribution is -2.16. The number of hydrogen-bond donors (Lipinski definition) is 0. The lowest BCUT2D eigenvalue weighted by Gasteiger charge is -2.09. The number of hydrogen-bond acceptors (Lipinski definition) is 9. The van der Waals surface area contributed by atoms with E-state index in [1.54, 1.807) is 18.2 Å². The summed E-state index contributed by atoms with van der Waals surface area (Å²) in [7, 11) is 0. The second kappa shape index (κ2) is 10.3. The molecule has 0 unspecified atom stereocenters. The van der Waals surface area contributed by atoms with E-state index in [-0.39, 0.29) is 17.1 Å². The van der Waals surface area contributed by atoms with Gasteiger partial charge < -0.3 is 9.15 Å². The molecule has 0 aliphatic carbocycles. The Labute approximate surface area is 245 Å². The van der Waals surface area contributed by atoms with Crippen molar-refractivity contribution in [1.29, 1.82) is 0 Å². The van der Waals surface area contributed by atoms with Gasteiger partial charge in [-0.3, -0.25) is 13.8 Å². The molecule has 0 spiro atoms. The highest BCUT2D eigenvalue weighted by molar-refractivity contribution is 7.99. The Bertz CT molecular complexity index is 2250. The van der Waals surface area contributed by atoms with E-state index in [2.05, 4.69) is 0 Å². The standard InChI is InChI=1S/C30H20N4O4S3/c1-2-37-19-13-11-18(12-14-19)33-27-25(41-30(33)39)26-31-21-8-4-5-9-22(21)34(26)29(32-27)40-16-23(35)20-15-17-7-3-6-10-24(17)38-28(20)36/h3-15H,2,16H2,1H3. The van der Waals surface area contributed by atoms with Crippen LogP contribution in [0.3, 0.4) is 0 Å². The van der Waals surface area contributed by atoms with Gasteiger partial charge in [0.2, 0.25) is 0 Å². The third-order valence-electron chi connectivity index (χ3n) is 6.62. The number of carbonyl (C=O) groups excluding carboxylic acids is 1. The largest absolute Gasteiger partial charge is 0.494 e. The summed E-state index contributed by atoms with van der Waals surface area (Å²) < 4.78 is 16.3. The van der Waals surface area contributed by atoms with Crippen molar-refractivity contribution in [3.05, 3.63) is 98.8 Å². The number of para-hydroxylation sites is 3. The van der Waals surface area contributed by atoms with Crippen molar-refractivity contribution in [1.82, 2.24) is 18.9 Å². The van der Waals surface area contributed by atoms with E-state index in [0.717, 1.165) is 27.2 Å². The molecule has 0 atom stereocenters. The number of ketones is 1. The van der Waals surface area contributed by atoms with Crippen LogP contribution in [0.5, 0.6) is 5.75 Å². The number of thioether (sulfide) groups is 1. The average Bonchev–Trinajstić information content (AvgIpc) is 3.53. The minimum absolute atomic E-state index is 0.0110. The van der Waals surface area contributed by atoms with Crippen LogP contribution in [0.25, 0.3) is 43.7 Å². The Kier molecular flexibility index (Phi) is 6.41. The fraction of sp³-hybridized carbons (Fsp3) is 0.100. The van der Waals surface area contributed by atoms with Crippen LogP contribution in [0.4, 0.5) is 0 Å². The zero-order valence-electron chi connectivity index (χ0n) is 21.6. The summed E-state index contributed by atoms with van der Waals surface area (Å²) in [4.78, 5) is 35.9. The van der Waals surface area contributed by atoms with Crippen molar-refractivity contribution in [3.63, 3.8) is 0 Å². The van der Waals surface area contributed by atoms with Crippen LogP contribution in [0.2, 0.25) is 0 Å². The van der Waals surface area contributed by atoms with Crippen LogP contribution >= 0.6 is 35.3 Å². The number of Topliss-reactive ketones (excluding diaryl/α,β-unsaturated/α-hetero) is 1. The summed E-state index contributed by atoms with van der Waals surface area (Å²) in [5.74, 6) is 0.407. The minimum Gasteiger partial charge on any atom is -0.494 e. The number of nitrogens with zero attached hydrogens (tertiary/aromatic N) is 4. The van der Waals surface area contributed by atoms with Crippen molar-refractivity contribution in [3.8, 4) is 11.4 Å². The van der Waals surface area contributed by atoms with E-state index in [9.17, 15) is 9.59 Å². The number of rotatable bonds is 7. The van der Waals surface area contributed by atoms with Gasteiger partial charge in [0.25, 0.3) is 0 Å². The third-order valence-corrected chi connectivity index (χ3v) is 8.92. The van der Waals surface area contributed by atoms with Crippen LogP contribution in [0.15, 0.2) is 93.2 Å². The van der Waals surface area contributed by atoms with E-state index in [4.69, 9.17) is 31.3 Å². The van der Waals surface area contributed by atoms with E-state index in [1.165, 1.54) is 23.1 Å². The fourth-order valence-corrected chi connectivity index (χ4v) is 7.01. The number of thiazole rings is 1. The van der Waals surface area contributed by atoms with Gasteiger partial charge in [-0.1, -0.05) is 53.4 Å². The molecular weight excluding hydrogens is 577 g/mol. The first-order valence-electron chi connectivity index (χ1n) is 12.8. The second-order valence-corrected chi connectivity index (χ2v) is 11.7. The van der Waals surface area contributed by atoms with Gasteiger partial charge in [-0.15, -0.1) is 0 Å². The Morgan fingerprint density at radius 1 is 1.02 bits per heavy atom.